The molecule has 2 atom stereocenters. The Labute approximate surface area is 333 Å². The van der Waals surface area contributed by atoms with E-state index in [4.69, 9.17) is 34.8 Å². The highest BCUT2D eigenvalue weighted by Crippen LogP contribution is 2.46. The van der Waals surface area contributed by atoms with Crippen LogP contribution in [-0.2, 0) is 6.42 Å². The van der Waals surface area contributed by atoms with Gasteiger partial charge in [-0.25, -0.2) is 19.9 Å². The molecule has 4 heterocycles. The van der Waals surface area contributed by atoms with Crippen molar-refractivity contribution in [3.63, 3.8) is 0 Å². The number of aromatic nitrogens is 3. The van der Waals surface area contributed by atoms with Gasteiger partial charge in [0, 0.05) is 48.8 Å². The number of para-hydroxylation sites is 2. The molecular weight excluding hydrogens is 723 g/mol. The molecule has 8 heteroatoms. The van der Waals surface area contributed by atoms with E-state index in [2.05, 4.69) is 73.8 Å². The lowest BCUT2D eigenvalue weighted by molar-refractivity contribution is 0.269. The third-order valence-corrected chi connectivity index (χ3v) is 11.7. The van der Waals surface area contributed by atoms with Crippen molar-refractivity contribution in [2.24, 2.45) is 10.7 Å². The molecule has 10 rings (SSSR count). The van der Waals surface area contributed by atoms with Crippen molar-refractivity contribution in [1.29, 1.82) is 0 Å². The van der Waals surface area contributed by atoms with E-state index in [0.29, 0.717) is 28.9 Å². The molecule has 1 aliphatic heterocycles. The zero-order valence-electron chi connectivity index (χ0n) is 30.8. The lowest BCUT2D eigenvalue weighted by atomic mass is 9.87. The van der Waals surface area contributed by atoms with Gasteiger partial charge in [0.1, 0.15) is 28.9 Å². The van der Waals surface area contributed by atoms with Crippen LogP contribution in [0.4, 0.5) is 5.69 Å². The molecule has 57 heavy (non-hydrogen) atoms. The molecule has 2 unspecified atom stereocenters. The van der Waals surface area contributed by atoms with Crippen LogP contribution in [-0.4, -0.2) is 26.9 Å². The molecule has 2 N–H and O–H groups in total. The maximum Gasteiger partial charge on any atom is 0.167 e. The maximum absolute atomic E-state index is 6.93. The number of furan rings is 1. The molecule has 3 aromatic heterocycles. The van der Waals surface area contributed by atoms with Gasteiger partial charge >= 0.3 is 0 Å². The lowest BCUT2D eigenvalue weighted by Gasteiger charge is -2.18. The minimum Gasteiger partial charge on any atom is -0.485 e. The van der Waals surface area contributed by atoms with Crippen molar-refractivity contribution in [3.05, 3.63) is 186 Å². The lowest BCUT2D eigenvalue weighted by Crippen LogP contribution is -2.25. The van der Waals surface area contributed by atoms with E-state index >= 15 is 0 Å². The van der Waals surface area contributed by atoms with E-state index < -0.39 is 6.10 Å². The van der Waals surface area contributed by atoms with Gasteiger partial charge in [-0.2, -0.15) is 0 Å². The Morgan fingerprint density at radius 3 is 2.21 bits per heavy atom. The standard InChI is InChI=1S/C49H35N5O2S/c1-3-38-43(29(2)46(50)51-44-35-20-11-13-24-41(35)57-42(44)27-30-15-6-4-7-16-30)37-28-32(25-26-40(37)55-38)48-52-47(31-17-8-5-9-18-31)53-49(54-48)36-22-14-21-34-33-19-10-12-23-39(33)56-45(34)36/h3-26,28,38,43H,1-2,27H2,(H2,50,51). The van der Waals surface area contributed by atoms with Gasteiger partial charge in [-0.1, -0.05) is 128 Å². The van der Waals surface area contributed by atoms with Crippen molar-refractivity contribution >= 4 is 54.9 Å². The molecule has 1 aliphatic rings. The second-order valence-corrected chi connectivity index (χ2v) is 15.2. The number of benzene rings is 6. The number of nitrogens with zero attached hydrogens (tertiary/aromatic N) is 4. The Bertz CT molecular complexity index is 3040. The highest BCUT2D eigenvalue weighted by atomic mass is 32.1. The number of nitrogens with two attached hydrogens (primary N) is 1. The van der Waals surface area contributed by atoms with Crippen LogP contribution in [0.1, 0.15) is 21.9 Å². The van der Waals surface area contributed by atoms with Gasteiger partial charge in [0.15, 0.2) is 17.5 Å². The minimum atomic E-state index is -0.404. The summed E-state index contributed by atoms with van der Waals surface area (Å²) >= 11 is 1.74. The average Bonchev–Trinajstić information content (AvgIpc) is 3.94. The number of rotatable bonds is 9. The number of ether oxygens (including phenoxy) is 1. The number of hydrogen-bond donors (Lipinski definition) is 1. The molecule has 7 nitrogen and oxygen atoms in total. The first kappa shape index (κ1) is 34.3. The normalized spacial score (nSPS) is 15.2. The number of amidine groups is 1. The van der Waals surface area contributed by atoms with Crippen LogP contribution >= 0.6 is 11.3 Å². The van der Waals surface area contributed by atoms with Gasteiger partial charge in [0.05, 0.1) is 17.2 Å². The van der Waals surface area contributed by atoms with E-state index in [1.807, 2.05) is 84.9 Å². The predicted molar refractivity (Wildman–Crippen MR) is 232 cm³/mol. The summed E-state index contributed by atoms with van der Waals surface area (Å²) in [5.74, 6) is 2.30. The van der Waals surface area contributed by atoms with Gasteiger partial charge < -0.3 is 14.9 Å². The Hall–Kier alpha value is -7.16. The molecule has 0 saturated heterocycles. The first-order valence-corrected chi connectivity index (χ1v) is 19.6. The smallest absolute Gasteiger partial charge is 0.167 e. The molecule has 0 radical (unpaired) electrons. The molecular formula is C49H35N5O2S. The molecule has 9 aromatic rings. The van der Waals surface area contributed by atoms with E-state index in [-0.39, 0.29) is 5.92 Å². The van der Waals surface area contributed by atoms with E-state index in [1.54, 1.807) is 17.4 Å². The molecule has 274 valence electrons. The first-order valence-electron chi connectivity index (χ1n) is 18.8. The minimum absolute atomic E-state index is 0.345. The summed E-state index contributed by atoms with van der Waals surface area (Å²) < 4.78 is 14.0. The number of hydrogen-bond acceptors (Lipinski definition) is 7. The topological polar surface area (TPSA) is 99.4 Å². The zero-order valence-corrected chi connectivity index (χ0v) is 31.6. The fourth-order valence-electron chi connectivity index (χ4n) is 7.72. The van der Waals surface area contributed by atoms with Crippen LogP contribution < -0.4 is 10.5 Å². The first-order chi connectivity index (χ1) is 28.0. The number of aliphatic imine (C=N–C) groups is 1. The monoisotopic (exact) mass is 757 g/mol. The van der Waals surface area contributed by atoms with Crippen molar-refractivity contribution < 1.29 is 9.15 Å². The Morgan fingerprint density at radius 2 is 1.40 bits per heavy atom. The summed E-state index contributed by atoms with van der Waals surface area (Å²) in [5, 5.41) is 3.10. The van der Waals surface area contributed by atoms with Gasteiger partial charge in [0.25, 0.3) is 0 Å². The highest BCUT2D eigenvalue weighted by molar-refractivity contribution is 7.19. The quantitative estimate of drug-likeness (QED) is 0.0894. The fourth-order valence-corrected chi connectivity index (χ4v) is 8.90. The van der Waals surface area contributed by atoms with Gasteiger partial charge in [0.2, 0.25) is 0 Å². The molecule has 6 aromatic carbocycles. The third-order valence-electron chi connectivity index (χ3n) is 10.5. The van der Waals surface area contributed by atoms with Crippen molar-refractivity contribution in [2.75, 3.05) is 0 Å². The van der Waals surface area contributed by atoms with Crippen LogP contribution in [0.25, 0.3) is 66.2 Å². The Morgan fingerprint density at radius 1 is 0.719 bits per heavy atom. The molecule has 0 saturated carbocycles. The predicted octanol–water partition coefficient (Wildman–Crippen LogP) is 11.9. The Balaban J connectivity index is 1.07. The molecule has 0 amide bonds. The number of fused-ring (bicyclic) bond motifs is 5. The molecule has 0 aliphatic carbocycles. The van der Waals surface area contributed by atoms with Crippen LogP contribution in [0, 0.1) is 0 Å². The van der Waals surface area contributed by atoms with Gasteiger partial charge in [-0.05, 0) is 47.5 Å². The van der Waals surface area contributed by atoms with Crippen molar-refractivity contribution in [2.45, 2.75) is 18.4 Å². The average molecular weight is 758 g/mol. The van der Waals surface area contributed by atoms with Crippen LogP contribution in [0.15, 0.2) is 180 Å². The molecule has 0 spiro atoms. The largest absolute Gasteiger partial charge is 0.485 e. The second-order valence-electron chi connectivity index (χ2n) is 14.1. The fraction of sp³-hybridized carbons (Fsp3) is 0.0612. The van der Waals surface area contributed by atoms with Crippen LogP contribution in [0.3, 0.4) is 0 Å². The van der Waals surface area contributed by atoms with E-state index in [0.717, 1.165) is 77.0 Å². The highest BCUT2D eigenvalue weighted by Gasteiger charge is 2.36. The Kier molecular flexibility index (Phi) is 8.53. The second kappa shape index (κ2) is 14.2. The van der Waals surface area contributed by atoms with E-state index in [9.17, 15) is 0 Å². The summed E-state index contributed by atoms with van der Waals surface area (Å²) in [6.07, 6.45) is 2.14. The zero-order chi connectivity index (χ0) is 38.5. The van der Waals surface area contributed by atoms with Gasteiger partial charge in [-0.3, -0.25) is 0 Å². The number of thiophene rings is 1. The summed E-state index contributed by atoms with van der Waals surface area (Å²) in [6, 6.07) is 48.8. The van der Waals surface area contributed by atoms with E-state index in [1.165, 1.54) is 5.56 Å². The van der Waals surface area contributed by atoms with Crippen molar-refractivity contribution in [3.8, 4) is 39.9 Å². The SMILES string of the molecule is C=CC1Oc2ccc(-c3nc(-c4ccccc4)nc(-c4cccc5c4oc4ccccc45)n3)cc2C1C(=C)C(N)=Nc1c(Cc2ccccc2)sc2ccccc12. The summed E-state index contributed by atoms with van der Waals surface area (Å²) in [7, 11) is 0. The van der Waals surface area contributed by atoms with Crippen LogP contribution in [0.5, 0.6) is 5.75 Å². The van der Waals surface area contributed by atoms with Crippen molar-refractivity contribution in [1.82, 2.24) is 15.0 Å². The van der Waals surface area contributed by atoms with Crippen LogP contribution in [0.2, 0.25) is 0 Å². The molecule has 0 bridgehead atoms. The third kappa shape index (κ3) is 6.16. The summed E-state index contributed by atoms with van der Waals surface area (Å²) in [5.41, 5.74) is 14.5. The summed E-state index contributed by atoms with van der Waals surface area (Å²) in [4.78, 5) is 21.4. The summed E-state index contributed by atoms with van der Waals surface area (Å²) in [6.45, 7) is 8.65. The molecule has 0 fully saturated rings. The maximum atomic E-state index is 6.93. The van der Waals surface area contributed by atoms with Gasteiger partial charge in [-0.15, -0.1) is 11.3 Å².